The summed E-state index contributed by atoms with van der Waals surface area (Å²) in [6, 6.07) is 20.6. The van der Waals surface area contributed by atoms with Crippen LogP contribution in [0.1, 0.15) is 33.7 Å². The van der Waals surface area contributed by atoms with E-state index in [1.54, 1.807) is 60.1 Å². The van der Waals surface area contributed by atoms with Crippen molar-refractivity contribution < 1.29 is 23.2 Å². The summed E-state index contributed by atoms with van der Waals surface area (Å²) in [4.78, 5) is 12.2. The first-order chi connectivity index (χ1) is 13.9. The fourth-order valence-corrected chi connectivity index (χ4v) is 2.98. The molecule has 146 valence electrons. The van der Waals surface area contributed by atoms with Crippen molar-refractivity contribution in [1.29, 1.82) is 0 Å². The topological polar surface area (TPSA) is 49.3 Å². The summed E-state index contributed by atoms with van der Waals surface area (Å²) in [7, 11) is 0. The predicted octanol–water partition coefficient (Wildman–Crippen LogP) is 4.74. The zero-order chi connectivity index (χ0) is 20.9. The van der Waals surface area contributed by atoms with E-state index in [2.05, 4.69) is 11.8 Å². The van der Waals surface area contributed by atoms with E-state index < -0.39 is 23.6 Å². The standard InChI is InChI=1S/C23H16F3NO2/c24-23(25,26)20-12-5-4-8-17(20)14-13-16-7-6-11-19(15-16)21(22(28)27-29)18-9-2-1-3-10-18/h1-12,15,21,29H,(H,27,28). The van der Waals surface area contributed by atoms with Crippen LogP contribution in [0.4, 0.5) is 13.2 Å². The monoisotopic (exact) mass is 395 g/mol. The van der Waals surface area contributed by atoms with E-state index in [1.165, 1.54) is 18.2 Å². The highest BCUT2D eigenvalue weighted by molar-refractivity contribution is 5.86. The molecule has 3 aromatic carbocycles. The van der Waals surface area contributed by atoms with Gasteiger partial charge in [0.15, 0.2) is 0 Å². The summed E-state index contributed by atoms with van der Waals surface area (Å²) in [6.45, 7) is 0. The van der Waals surface area contributed by atoms with Crippen LogP contribution in [0, 0.1) is 11.8 Å². The molecule has 0 aliphatic heterocycles. The molecule has 3 rings (SSSR count). The van der Waals surface area contributed by atoms with E-state index in [0.717, 1.165) is 6.07 Å². The molecule has 0 heterocycles. The quantitative estimate of drug-likeness (QED) is 0.382. The fourth-order valence-electron chi connectivity index (χ4n) is 2.98. The summed E-state index contributed by atoms with van der Waals surface area (Å²) in [5.74, 6) is 3.89. The van der Waals surface area contributed by atoms with Gasteiger partial charge in [-0.05, 0) is 35.4 Å². The van der Waals surface area contributed by atoms with E-state index in [1.807, 2.05) is 0 Å². The molecule has 0 spiro atoms. The largest absolute Gasteiger partial charge is 0.417 e. The normalized spacial score (nSPS) is 11.9. The van der Waals surface area contributed by atoms with Crippen LogP contribution in [0.5, 0.6) is 0 Å². The molecule has 0 aromatic heterocycles. The lowest BCUT2D eigenvalue weighted by atomic mass is 9.90. The van der Waals surface area contributed by atoms with E-state index in [0.29, 0.717) is 16.7 Å². The van der Waals surface area contributed by atoms with Gasteiger partial charge >= 0.3 is 6.18 Å². The van der Waals surface area contributed by atoms with Crippen LogP contribution >= 0.6 is 0 Å². The Kier molecular flexibility index (Phi) is 6.01. The number of hydrogen-bond donors (Lipinski definition) is 2. The fraction of sp³-hybridized carbons (Fsp3) is 0.0870. The third-order valence-electron chi connectivity index (χ3n) is 4.30. The lowest BCUT2D eigenvalue weighted by Crippen LogP contribution is -2.27. The Balaban J connectivity index is 1.99. The number of carbonyl (C=O) groups excluding carboxylic acids is 1. The van der Waals surface area contributed by atoms with Gasteiger partial charge in [0.1, 0.15) is 0 Å². The molecule has 0 fully saturated rings. The molecule has 1 amide bonds. The minimum Gasteiger partial charge on any atom is -0.289 e. The Bertz CT molecular complexity index is 1070. The molecular formula is C23H16F3NO2. The molecule has 0 radical (unpaired) electrons. The highest BCUT2D eigenvalue weighted by atomic mass is 19.4. The molecule has 3 aromatic rings. The van der Waals surface area contributed by atoms with Crippen LogP contribution in [-0.2, 0) is 11.0 Å². The molecule has 3 nitrogen and oxygen atoms in total. The van der Waals surface area contributed by atoms with Crippen molar-refractivity contribution in [1.82, 2.24) is 5.48 Å². The lowest BCUT2D eigenvalue weighted by molar-refractivity contribution is -0.137. The van der Waals surface area contributed by atoms with E-state index in [9.17, 15) is 18.0 Å². The third kappa shape index (κ3) is 4.84. The molecule has 2 N–H and O–H groups in total. The van der Waals surface area contributed by atoms with Crippen molar-refractivity contribution in [3.8, 4) is 11.8 Å². The molecule has 0 aliphatic rings. The smallest absolute Gasteiger partial charge is 0.289 e. The molecule has 1 unspecified atom stereocenters. The van der Waals surface area contributed by atoms with Gasteiger partial charge in [-0.3, -0.25) is 10.0 Å². The first kappa shape index (κ1) is 20.2. The minimum absolute atomic E-state index is 0.127. The van der Waals surface area contributed by atoms with Crippen molar-refractivity contribution in [3.63, 3.8) is 0 Å². The predicted molar refractivity (Wildman–Crippen MR) is 102 cm³/mol. The van der Waals surface area contributed by atoms with Crippen LogP contribution < -0.4 is 5.48 Å². The number of benzene rings is 3. The highest BCUT2D eigenvalue weighted by Crippen LogP contribution is 2.31. The molecule has 29 heavy (non-hydrogen) atoms. The van der Waals surface area contributed by atoms with Crippen molar-refractivity contribution >= 4 is 5.91 Å². The number of hydroxylamine groups is 1. The molecule has 0 saturated carbocycles. The maximum absolute atomic E-state index is 13.1. The maximum Gasteiger partial charge on any atom is 0.417 e. The molecular weight excluding hydrogens is 379 g/mol. The number of alkyl halides is 3. The van der Waals surface area contributed by atoms with Gasteiger partial charge in [-0.25, -0.2) is 5.48 Å². The van der Waals surface area contributed by atoms with E-state index in [4.69, 9.17) is 5.21 Å². The molecule has 1 atom stereocenters. The zero-order valence-corrected chi connectivity index (χ0v) is 15.1. The summed E-state index contributed by atoms with van der Waals surface area (Å²) >= 11 is 0. The van der Waals surface area contributed by atoms with Crippen LogP contribution in [0.15, 0.2) is 78.9 Å². The Labute approximate surface area is 165 Å². The number of amides is 1. The van der Waals surface area contributed by atoms with Crippen LogP contribution in [0.25, 0.3) is 0 Å². The van der Waals surface area contributed by atoms with Crippen molar-refractivity contribution in [2.75, 3.05) is 0 Å². The van der Waals surface area contributed by atoms with Crippen molar-refractivity contribution in [2.24, 2.45) is 0 Å². The van der Waals surface area contributed by atoms with Crippen molar-refractivity contribution in [3.05, 3.63) is 107 Å². The number of carbonyl (C=O) groups is 1. The second kappa shape index (κ2) is 8.63. The van der Waals surface area contributed by atoms with Gasteiger partial charge in [0.2, 0.25) is 0 Å². The molecule has 0 bridgehead atoms. The second-order valence-electron chi connectivity index (χ2n) is 6.24. The average molecular weight is 395 g/mol. The number of rotatable bonds is 3. The van der Waals surface area contributed by atoms with Crippen LogP contribution in [-0.4, -0.2) is 11.1 Å². The minimum atomic E-state index is -4.50. The van der Waals surface area contributed by atoms with Gasteiger partial charge in [-0.2, -0.15) is 13.2 Å². The maximum atomic E-state index is 13.1. The van der Waals surface area contributed by atoms with Gasteiger partial charge in [0.05, 0.1) is 11.5 Å². The summed E-state index contributed by atoms with van der Waals surface area (Å²) in [5, 5.41) is 9.12. The van der Waals surface area contributed by atoms with Crippen LogP contribution in [0.2, 0.25) is 0 Å². The lowest BCUT2D eigenvalue weighted by Gasteiger charge is -2.16. The summed E-state index contributed by atoms with van der Waals surface area (Å²) in [6.07, 6.45) is -4.50. The van der Waals surface area contributed by atoms with E-state index >= 15 is 0 Å². The Morgan fingerprint density at radius 1 is 0.862 bits per heavy atom. The Morgan fingerprint density at radius 2 is 1.52 bits per heavy atom. The van der Waals surface area contributed by atoms with Crippen LogP contribution in [0.3, 0.4) is 0 Å². The molecule has 6 heteroatoms. The number of nitrogens with one attached hydrogen (secondary N) is 1. The summed E-state index contributed by atoms with van der Waals surface area (Å²) in [5.41, 5.74) is 2.40. The van der Waals surface area contributed by atoms with Gasteiger partial charge in [0, 0.05) is 11.1 Å². The number of hydrogen-bond acceptors (Lipinski definition) is 2. The van der Waals surface area contributed by atoms with E-state index in [-0.39, 0.29) is 5.56 Å². The number of halogens is 3. The first-order valence-corrected chi connectivity index (χ1v) is 8.67. The van der Waals surface area contributed by atoms with Crippen molar-refractivity contribution in [2.45, 2.75) is 12.1 Å². The van der Waals surface area contributed by atoms with Gasteiger partial charge in [0.25, 0.3) is 5.91 Å². The molecule has 0 saturated heterocycles. The molecule has 0 aliphatic carbocycles. The van der Waals surface area contributed by atoms with Gasteiger partial charge in [-0.15, -0.1) is 0 Å². The SMILES string of the molecule is O=C(NO)C(c1ccccc1)c1cccc(C#Cc2ccccc2C(F)(F)F)c1. The zero-order valence-electron chi connectivity index (χ0n) is 15.1. The van der Waals surface area contributed by atoms with Gasteiger partial charge in [-0.1, -0.05) is 66.4 Å². The van der Waals surface area contributed by atoms with Gasteiger partial charge < -0.3 is 0 Å². The average Bonchev–Trinajstić information content (AvgIpc) is 2.73. The second-order valence-corrected chi connectivity index (χ2v) is 6.24. The highest BCUT2D eigenvalue weighted by Gasteiger charge is 2.32. The summed E-state index contributed by atoms with van der Waals surface area (Å²) < 4.78 is 39.4. The Hall–Kier alpha value is -3.56. The first-order valence-electron chi connectivity index (χ1n) is 8.67. The third-order valence-corrected chi connectivity index (χ3v) is 4.30. The Morgan fingerprint density at radius 3 is 2.21 bits per heavy atom.